The van der Waals surface area contributed by atoms with Gasteiger partial charge in [0, 0.05) is 54.7 Å². The summed E-state index contributed by atoms with van der Waals surface area (Å²) in [6, 6.07) is 9.95. The van der Waals surface area contributed by atoms with Crippen molar-refractivity contribution in [1.82, 2.24) is 19.5 Å². The molecule has 3 heterocycles. The topological polar surface area (TPSA) is 109 Å². The van der Waals surface area contributed by atoms with Gasteiger partial charge >= 0.3 is 0 Å². The van der Waals surface area contributed by atoms with E-state index in [1.54, 1.807) is 18.7 Å². The van der Waals surface area contributed by atoms with Crippen LogP contribution in [0.2, 0.25) is 0 Å². The number of aromatic nitrogens is 4. The molecule has 1 amide bonds. The number of benzene rings is 1. The number of hydrogen-bond acceptors (Lipinski definition) is 6. The molecule has 0 saturated heterocycles. The van der Waals surface area contributed by atoms with Gasteiger partial charge in [0.25, 0.3) is 0 Å². The molecule has 1 aliphatic rings. The van der Waals surface area contributed by atoms with Crippen molar-refractivity contribution in [2.45, 2.75) is 32.2 Å². The van der Waals surface area contributed by atoms with Crippen molar-refractivity contribution >= 4 is 39.3 Å². The first-order chi connectivity index (χ1) is 16.7. The molecule has 1 fully saturated rings. The van der Waals surface area contributed by atoms with Crippen molar-refractivity contribution in [2.75, 3.05) is 17.7 Å². The van der Waals surface area contributed by atoms with E-state index in [0.717, 1.165) is 58.7 Å². The predicted octanol–water partition coefficient (Wildman–Crippen LogP) is 4.07. The molecule has 0 unspecified atom stereocenters. The minimum absolute atomic E-state index is 0.0158. The number of fused-ring (bicyclic) bond motifs is 2. The average molecular weight is 450 g/mol. The van der Waals surface area contributed by atoms with E-state index < -0.39 is 0 Å². The Labute approximate surface area is 197 Å². The number of nitrogens with zero attached hydrogens (tertiary/aromatic N) is 5. The molecule has 5 rings (SSSR count). The zero-order valence-electron chi connectivity index (χ0n) is 18.8. The number of hydrogen-bond donors (Lipinski definition) is 2. The van der Waals surface area contributed by atoms with Gasteiger partial charge < -0.3 is 15.2 Å². The van der Waals surface area contributed by atoms with Crippen molar-refractivity contribution in [3.05, 3.63) is 54.1 Å². The van der Waals surface area contributed by atoms with Crippen LogP contribution in [0.1, 0.15) is 36.8 Å². The van der Waals surface area contributed by atoms with Crippen LogP contribution in [0, 0.1) is 29.1 Å². The average Bonchev–Trinajstić information content (AvgIpc) is 3.64. The van der Waals surface area contributed by atoms with E-state index >= 15 is 0 Å². The number of carbonyl (C=O) groups is 1. The molecule has 3 aromatic heterocycles. The lowest BCUT2D eigenvalue weighted by Gasteiger charge is -2.09. The van der Waals surface area contributed by atoms with Gasteiger partial charge in [-0.25, -0.2) is 15.0 Å². The van der Waals surface area contributed by atoms with E-state index in [1.165, 1.54) is 0 Å². The van der Waals surface area contributed by atoms with Gasteiger partial charge in [-0.1, -0.05) is 11.8 Å². The zero-order valence-corrected chi connectivity index (χ0v) is 18.8. The molecule has 1 aromatic carbocycles. The van der Waals surface area contributed by atoms with Gasteiger partial charge in [0.1, 0.15) is 11.6 Å². The highest BCUT2D eigenvalue weighted by molar-refractivity contribution is 5.99. The number of aryl methyl sites for hydroxylation is 1. The maximum atomic E-state index is 12.2. The molecule has 1 saturated carbocycles. The highest BCUT2D eigenvalue weighted by atomic mass is 16.2. The maximum absolute atomic E-state index is 12.2. The van der Waals surface area contributed by atoms with Gasteiger partial charge in [-0.05, 0) is 43.5 Å². The Kier molecular flexibility index (Phi) is 5.80. The zero-order chi connectivity index (χ0) is 23.5. The minimum atomic E-state index is 0.0158. The van der Waals surface area contributed by atoms with E-state index in [2.05, 4.69) is 48.1 Å². The number of imidazole rings is 1. The summed E-state index contributed by atoms with van der Waals surface area (Å²) >= 11 is 0. The summed E-state index contributed by atoms with van der Waals surface area (Å²) in [5, 5.41) is 16.5. The molecule has 0 atom stereocenters. The fourth-order valence-electron chi connectivity index (χ4n) is 3.86. The first kappa shape index (κ1) is 21.4. The Morgan fingerprint density at radius 3 is 2.82 bits per heavy atom. The second-order valence-electron chi connectivity index (χ2n) is 8.30. The summed E-state index contributed by atoms with van der Waals surface area (Å²) in [7, 11) is 1.81. The molecular weight excluding hydrogens is 426 g/mol. The molecule has 8 heteroatoms. The third kappa shape index (κ3) is 4.39. The van der Waals surface area contributed by atoms with Crippen molar-refractivity contribution < 1.29 is 4.79 Å². The molecule has 1 aliphatic carbocycles. The lowest BCUT2D eigenvalue weighted by molar-refractivity contribution is -0.117. The first-order valence-electron chi connectivity index (χ1n) is 11.3. The molecule has 4 aromatic rings. The number of amides is 1. The van der Waals surface area contributed by atoms with Crippen LogP contribution in [0.25, 0.3) is 21.8 Å². The van der Waals surface area contributed by atoms with Crippen molar-refractivity contribution in [3.63, 3.8) is 0 Å². The molecule has 2 N–H and O–H groups in total. The van der Waals surface area contributed by atoms with Gasteiger partial charge in [0.15, 0.2) is 0 Å². The number of anilines is 2. The Hall–Kier alpha value is -4.43. The predicted molar refractivity (Wildman–Crippen MR) is 131 cm³/mol. The second kappa shape index (κ2) is 9.21. The quantitative estimate of drug-likeness (QED) is 0.339. The maximum Gasteiger partial charge on any atom is 0.228 e. The molecule has 0 spiro atoms. The van der Waals surface area contributed by atoms with Crippen molar-refractivity contribution in [2.24, 2.45) is 5.92 Å². The number of nitrogens with one attached hydrogen (secondary N) is 2. The molecule has 8 nitrogen and oxygen atoms in total. The Bertz CT molecular complexity index is 1500. The molecular formula is C26H23N7O. The van der Waals surface area contributed by atoms with Crippen LogP contribution in [0.4, 0.5) is 11.6 Å². The summed E-state index contributed by atoms with van der Waals surface area (Å²) in [6.07, 6.45) is 8.42. The summed E-state index contributed by atoms with van der Waals surface area (Å²) in [5.41, 5.74) is 3.50. The Balaban J connectivity index is 1.49. The third-order valence-electron chi connectivity index (χ3n) is 5.86. The third-order valence-corrected chi connectivity index (χ3v) is 5.86. The van der Waals surface area contributed by atoms with E-state index in [-0.39, 0.29) is 11.8 Å². The van der Waals surface area contributed by atoms with E-state index in [1.807, 2.05) is 31.3 Å². The highest BCUT2D eigenvalue weighted by Gasteiger charge is 2.29. The summed E-state index contributed by atoms with van der Waals surface area (Å²) < 4.78 is 2.05. The van der Waals surface area contributed by atoms with E-state index in [4.69, 9.17) is 5.26 Å². The summed E-state index contributed by atoms with van der Waals surface area (Å²) in [5.74, 6) is 7.83. The van der Waals surface area contributed by atoms with Crippen LogP contribution in [-0.4, -0.2) is 32.5 Å². The van der Waals surface area contributed by atoms with Gasteiger partial charge in [0.2, 0.25) is 5.91 Å². The Morgan fingerprint density at radius 1 is 1.15 bits per heavy atom. The number of unbranched alkanes of at least 4 members (excludes halogenated alkanes) is 1. The molecule has 0 radical (unpaired) electrons. The van der Waals surface area contributed by atoms with Crippen LogP contribution in [0.15, 0.2) is 43.0 Å². The van der Waals surface area contributed by atoms with Crippen LogP contribution >= 0.6 is 0 Å². The number of nitriles is 1. The molecule has 0 bridgehead atoms. The van der Waals surface area contributed by atoms with Crippen LogP contribution in [0.5, 0.6) is 0 Å². The number of carbonyl (C=O) groups excluding carboxylic acids is 1. The van der Waals surface area contributed by atoms with Gasteiger partial charge in [-0.3, -0.25) is 4.79 Å². The smallest absolute Gasteiger partial charge is 0.228 e. The summed E-state index contributed by atoms with van der Waals surface area (Å²) in [4.78, 5) is 25.5. The largest absolute Gasteiger partial charge is 0.373 e. The minimum Gasteiger partial charge on any atom is -0.373 e. The monoisotopic (exact) mass is 449 g/mol. The highest BCUT2D eigenvalue weighted by Crippen LogP contribution is 2.31. The van der Waals surface area contributed by atoms with Gasteiger partial charge in [-0.2, -0.15) is 5.26 Å². The number of pyridine rings is 2. The van der Waals surface area contributed by atoms with Crippen LogP contribution in [-0.2, 0) is 11.3 Å². The Morgan fingerprint density at radius 2 is 2.03 bits per heavy atom. The normalized spacial score (nSPS) is 12.7. The number of rotatable bonds is 6. The molecule has 168 valence electrons. The van der Waals surface area contributed by atoms with E-state index in [0.29, 0.717) is 18.1 Å². The second-order valence-corrected chi connectivity index (χ2v) is 8.30. The van der Waals surface area contributed by atoms with E-state index in [9.17, 15) is 4.79 Å². The lowest BCUT2D eigenvalue weighted by Crippen LogP contribution is -2.14. The van der Waals surface area contributed by atoms with Gasteiger partial charge in [0.05, 0.1) is 29.0 Å². The fraction of sp³-hybridized carbons (Fsp3) is 0.269. The standard InChI is InChI=1S/C26H23N7O/c1-28-25-21-15-29-24(32-26(34)18-7-8-18)13-20(21)19(14-30-25)6-4-17-5-9-22-23(12-17)33(16-31-22)11-3-2-10-27/h5,9,12-16,18H,2-3,7-8,11H2,1H3,(H,28,30)(H,29,32,34). The van der Waals surface area contributed by atoms with Crippen LogP contribution < -0.4 is 10.6 Å². The SMILES string of the molecule is CNc1ncc(C#Cc2ccc3ncn(CCCC#N)c3c2)c2cc(NC(=O)C3CC3)ncc12. The molecule has 34 heavy (non-hydrogen) atoms. The lowest BCUT2D eigenvalue weighted by atomic mass is 10.1. The summed E-state index contributed by atoms with van der Waals surface area (Å²) in [6.45, 7) is 0.739. The van der Waals surface area contributed by atoms with Gasteiger partial charge in [-0.15, -0.1) is 0 Å². The van der Waals surface area contributed by atoms with Crippen LogP contribution in [0.3, 0.4) is 0 Å². The molecule has 0 aliphatic heterocycles. The first-order valence-corrected chi connectivity index (χ1v) is 11.3. The fourth-order valence-corrected chi connectivity index (χ4v) is 3.86. The van der Waals surface area contributed by atoms with Crippen molar-refractivity contribution in [1.29, 1.82) is 5.26 Å². The van der Waals surface area contributed by atoms with Crippen molar-refractivity contribution in [3.8, 4) is 17.9 Å².